The van der Waals surface area contributed by atoms with Crippen LogP contribution < -0.4 is 12.3 Å². The normalized spacial score (nSPS) is 9.00. The van der Waals surface area contributed by atoms with E-state index in [1.807, 2.05) is 0 Å². The fourth-order valence-electron chi connectivity index (χ4n) is 0.970. The van der Waals surface area contributed by atoms with Crippen LogP contribution in [-0.4, -0.2) is 58.3 Å². The summed E-state index contributed by atoms with van der Waals surface area (Å²) in [6.07, 6.45) is 0.222. The Morgan fingerprint density at radius 2 is 1.71 bits per heavy atom. The number of methoxy groups -OCH3 is 2. The van der Waals surface area contributed by atoms with Crippen molar-refractivity contribution in [2.45, 2.75) is 13.3 Å². The summed E-state index contributed by atoms with van der Waals surface area (Å²) < 4.78 is 11.0. The molecule has 6 heteroatoms. The fourth-order valence-corrected chi connectivity index (χ4v) is 1.38. The molecule has 0 aromatic heterocycles. The van der Waals surface area contributed by atoms with Gasteiger partial charge >= 0.3 is 94.9 Å². The molecular weight excluding hydrogens is 235 g/mol. The van der Waals surface area contributed by atoms with E-state index in [-0.39, 0.29) is 12.2 Å². The first kappa shape index (κ1) is 16.1. The van der Waals surface area contributed by atoms with Crippen molar-refractivity contribution < 1.29 is 24.5 Å². The van der Waals surface area contributed by atoms with Gasteiger partial charge in [0.1, 0.15) is 0 Å². The summed E-state index contributed by atoms with van der Waals surface area (Å²) in [4.78, 5) is 9.37. The molecule has 0 aliphatic carbocycles. The van der Waals surface area contributed by atoms with E-state index in [4.69, 9.17) is 14.6 Å². The van der Waals surface area contributed by atoms with Crippen LogP contribution in [-0.2, 0) is 4.79 Å². The van der Waals surface area contributed by atoms with Crippen molar-refractivity contribution in [1.29, 1.82) is 0 Å². The summed E-state index contributed by atoms with van der Waals surface area (Å²) in [5, 5.41) is 17.1. The molecule has 1 rings (SSSR count). The topological polar surface area (TPSA) is 76.0 Å². The van der Waals surface area contributed by atoms with Crippen LogP contribution in [0, 0.1) is 0 Å². The standard InChI is InChI=1S/C8H9O3.C3H6O2.Na/c1-10-7-4-3-6(9)5-8(7)11-2;1-2-3(4)5;/h4-5,9H,1-2H3;2H2,1H3,(H,4,5);. The van der Waals surface area contributed by atoms with Crippen molar-refractivity contribution >= 4 is 36.7 Å². The Hall–Kier alpha value is -0.910. The van der Waals surface area contributed by atoms with Gasteiger partial charge in [-0.3, -0.25) is 4.79 Å². The van der Waals surface area contributed by atoms with Crippen LogP contribution in [0.25, 0.3) is 0 Å². The van der Waals surface area contributed by atoms with Crippen LogP contribution in [0.3, 0.4) is 0 Å². The van der Waals surface area contributed by atoms with Gasteiger partial charge in [0.2, 0.25) is 0 Å². The maximum absolute atomic E-state index is 9.37. The Bertz CT molecular complexity index is 349. The molecule has 2 N–H and O–H groups in total. The Kier molecular flexibility index (Phi) is 7.78. The Morgan fingerprint density at radius 1 is 1.29 bits per heavy atom. The van der Waals surface area contributed by atoms with Gasteiger partial charge in [0.15, 0.2) is 0 Å². The molecule has 0 unspecified atom stereocenters. The van der Waals surface area contributed by atoms with Gasteiger partial charge in [-0.05, 0) is 0 Å². The molecule has 90 valence electrons. The molecule has 0 heterocycles. The van der Waals surface area contributed by atoms with Gasteiger partial charge in [0, 0.05) is 6.42 Å². The van der Waals surface area contributed by atoms with Crippen molar-refractivity contribution in [3.05, 3.63) is 12.1 Å². The molecule has 0 aliphatic heterocycles. The summed E-state index contributed by atoms with van der Waals surface area (Å²) in [6, 6.07) is 3.36. The maximum atomic E-state index is 9.37. The van der Waals surface area contributed by atoms with E-state index in [9.17, 15) is 9.90 Å². The number of aliphatic carboxylic acids is 1. The molecule has 0 radical (unpaired) electrons. The molecule has 17 heavy (non-hydrogen) atoms. The first-order valence-corrected chi connectivity index (χ1v) is 6.09. The minimum atomic E-state index is -0.745. The van der Waals surface area contributed by atoms with Crippen LogP contribution >= 0.6 is 0 Å². The average Bonchev–Trinajstić information content (AvgIpc) is 2.32. The van der Waals surface area contributed by atoms with E-state index in [1.165, 1.54) is 0 Å². The van der Waals surface area contributed by atoms with E-state index >= 15 is 0 Å². The van der Waals surface area contributed by atoms with Crippen molar-refractivity contribution in [2.24, 2.45) is 0 Å². The second-order valence-electron chi connectivity index (χ2n) is 3.24. The molecule has 5 nitrogen and oxygen atoms in total. The zero-order valence-corrected chi connectivity index (χ0v) is 12.5. The molecule has 0 fully saturated rings. The van der Waals surface area contributed by atoms with Gasteiger partial charge in [-0.15, -0.1) is 0 Å². The predicted octanol–water partition coefficient (Wildman–Crippen LogP) is 0.684. The van der Waals surface area contributed by atoms with Crippen molar-refractivity contribution in [2.75, 3.05) is 14.2 Å². The molecule has 0 amide bonds. The van der Waals surface area contributed by atoms with Crippen molar-refractivity contribution in [3.8, 4) is 17.2 Å². The molecule has 0 bridgehead atoms. The number of carboxylic acid groups (broad SMARTS) is 1. The average molecular weight is 250 g/mol. The molecule has 1 aromatic carbocycles. The second kappa shape index (κ2) is 8.22. The predicted molar refractivity (Wildman–Crippen MR) is 64.5 cm³/mol. The SMILES string of the molecule is CCC(=O)O.COc1cc(O)[c]([Na])cc1OC. The number of aromatic hydroxyl groups is 1. The number of rotatable bonds is 3. The summed E-state index contributed by atoms with van der Waals surface area (Å²) >= 11 is 0.794. The third kappa shape index (κ3) is 5.81. The van der Waals surface area contributed by atoms with E-state index in [0.717, 1.165) is 30.7 Å². The Morgan fingerprint density at radius 3 is 2.06 bits per heavy atom. The van der Waals surface area contributed by atoms with E-state index in [0.29, 0.717) is 11.5 Å². The number of carbonyl (C=O) groups is 1. The number of hydrogen-bond acceptors (Lipinski definition) is 4. The third-order valence-corrected chi connectivity index (χ3v) is 2.81. The van der Waals surface area contributed by atoms with Gasteiger partial charge < -0.3 is 5.11 Å². The number of carboxylic acids is 1. The third-order valence-electron chi connectivity index (χ3n) is 2.00. The summed E-state index contributed by atoms with van der Waals surface area (Å²) in [5.74, 6) is 0.763. The van der Waals surface area contributed by atoms with Crippen molar-refractivity contribution in [3.63, 3.8) is 0 Å². The van der Waals surface area contributed by atoms with Crippen LogP contribution in [0.15, 0.2) is 12.1 Å². The number of ether oxygens (including phenoxy) is 2. The zero-order valence-electron chi connectivity index (χ0n) is 10.5. The van der Waals surface area contributed by atoms with E-state index in [1.54, 1.807) is 33.3 Å². The van der Waals surface area contributed by atoms with E-state index < -0.39 is 5.97 Å². The molecule has 1 aromatic rings. The number of hydrogen-bond donors (Lipinski definition) is 2. The molecule has 0 saturated carbocycles. The first-order valence-electron chi connectivity index (χ1n) is 5.09. The van der Waals surface area contributed by atoms with Gasteiger partial charge in [0.05, 0.1) is 0 Å². The number of phenols is 1. The van der Waals surface area contributed by atoms with Crippen LogP contribution in [0.1, 0.15) is 13.3 Å². The van der Waals surface area contributed by atoms with Gasteiger partial charge in [-0.2, -0.15) is 0 Å². The Labute approximate surface area is 118 Å². The van der Waals surface area contributed by atoms with Crippen LogP contribution in [0.5, 0.6) is 17.2 Å². The summed E-state index contributed by atoms with van der Waals surface area (Å²) in [6.45, 7) is 1.60. The summed E-state index contributed by atoms with van der Waals surface area (Å²) in [5.41, 5.74) is 0. The number of phenolic OH excluding ortho intramolecular Hbond substituents is 1. The van der Waals surface area contributed by atoms with Crippen LogP contribution in [0.4, 0.5) is 0 Å². The van der Waals surface area contributed by atoms with Gasteiger partial charge in [-0.25, -0.2) is 0 Å². The summed E-state index contributed by atoms with van der Waals surface area (Å²) in [7, 11) is 3.12. The van der Waals surface area contributed by atoms with E-state index in [2.05, 4.69) is 0 Å². The van der Waals surface area contributed by atoms with Gasteiger partial charge in [-0.1, -0.05) is 6.92 Å². The van der Waals surface area contributed by atoms with Crippen molar-refractivity contribution in [1.82, 2.24) is 0 Å². The molecule has 0 spiro atoms. The molecular formula is C11H15NaO5. The molecule has 0 aliphatic rings. The zero-order chi connectivity index (χ0) is 13.4. The van der Waals surface area contributed by atoms with Gasteiger partial charge in [0.25, 0.3) is 0 Å². The minimum absolute atomic E-state index is 0.222. The Balaban J connectivity index is 0.000000437. The quantitative estimate of drug-likeness (QED) is 0.772. The number of benzene rings is 1. The molecule has 0 atom stereocenters. The monoisotopic (exact) mass is 250 g/mol. The first-order chi connectivity index (χ1) is 7.96. The van der Waals surface area contributed by atoms with Crippen LogP contribution in [0.2, 0.25) is 0 Å². The second-order valence-corrected chi connectivity index (χ2v) is 4.32. The molecule has 0 saturated heterocycles. The fraction of sp³-hybridized carbons (Fsp3) is 0.364.